The third kappa shape index (κ3) is 3.42. The van der Waals surface area contributed by atoms with Gasteiger partial charge in [-0.05, 0) is 43.7 Å². The fourth-order valence-corrected chi connectivity index (χ4v) is 2.55. The van der Waals surface area contributed by atoms with E-state index in [1.807, 2.05) is 0 Å². The van der Waals surface area contributed by atoms with Gasteiger partial charge in [-0.15, -0.1) is 0 Å². The molecule has 110 valence electrons. The first kappa shape index (κ1) is 14.7. The van der Waals surface area contributed by atoms with Crippen LogP contribution >= 0.6 is 0 Å². The zero-order chi connectivity index (χ0) is 14.5. The van der Waals surface area contributed by atoms with Crippen LogP contribution in [0, 0.1) is 5.92 Å². The molecular weight excluding hydrogens is 258 g/mol. The normalized spacial score (nSPS) is 22.3. The number of rotatable bonds is 4. The van der Waals surface area contributed by atoms with Crippen LogP contribution < -0.4 is 10.1 Å². The van der Waals surface area contributed by atoms with Crippen molar-refractivity contribution in [1.29, 1.82) is 0 Å². The Morgan fingerprint density at radius 1 is 1.35 bits per heavy atom. The summed E-state index contributed by atoms with van der Waals surface area (Å²) < 4.78 is 4.98. The predicted octanol–water partition coefficient (Wildman–Crippen LogP) is 1.68. The summed E-state index contributed by atoms with van der Waals surface area (Å²) in [6.07, 6.45) is 3.25. The molecule has 3 N–H and O–H groups in total. The van der Waals surface area contributed by atoms with Gasteiger partial charge in [0.2, 0.25) is 0 Å². The first-order chi connectivity index (χ1) is 9.61. The molecule has 20 heavy (non-hydrogen) atoms. The second kappa shape index (κ2) is 6.61. The van der Waals surface area contributed by atoms with E-state index in [1.165, 1.54) is 7.11 Å². The number of phenols is 1. The van der Waals surface area contributed by atoms with E-state index in [4.69, 9.17) is 4.74 Å². The van der Waals surface area contributed by atoms with Crippen molar-refractivity contribution in [3.63, 3.8) is 0 Å². The van der Waals surface area contributed by atoms with Crippen molar-refractivity contribution in [2.75, 3.05) is 13.7 Å². The molecule has 0 heterocycles. The number of nitrogens with one attached hydrogen (secondary N) is 1. The molecule has 1 aliphatic carbocycles. The molecule has 1 aromatic rings. The van der Waals surface area contributed by atoms with Crippen LogP contribution in [0.1, 0.15) is 36.0 Å². The van der Waals surface area contributed by atoms with E-state index < -0.39 is 0 Å². The third-order valence-electron chi connectivity index (χ3n) is 3.83. The molecule has 0 aliphatic heterocycles. The molecule has 0 atom stereocenters. The lowest BCUT2D eigenvalue weighted by molar-refractivity contribution is 0.0907. The van der Waals surface area contributed by atoms with Crippen LogP contribution in [0.5, 0.6) is 11.5 Å². The number of hydrogen-bond acceptors (Lipinski definition) is 4. The van der Waals surface area contributed by atoms with Crippen molar-refractivity contribution in [3.05, 3.63) is 23.8 Å². The van der Waals surface area contributed by atoms with Crippen LogP contribution in [0.2, 0.25) is 0 Å². The number of phenolic OH excluding ortho intramolecular Hbond substituents is 1. The van der Waals surface area contributed by atoms with Crippen LogP contribution in [0.3, 0.4) is 0 Å². The Hall–Kier alpha value is -1.75. The number of carbonyl (C=O) groups excluding carboxylic acids is 1. The minimum atomic E-state index is -0.299. The molecule has 1 fully saturated rings. The maximum atomic E-state index is 12.1. The summed E-state index contributed by atoms with van der Waals surface area (Å²) in [7, 11) is 1.45. The van der Waals surface area contributed by atoms with Crippen molar-refractivity contribution in [3.8, 4) is 11.5 Å². The van der Waals surface area contributed by atoms with E-state index in [-0.39, 0.29) is 23.3 Å². The van der Waals surface area contributed by atoms with Gasteiger partial charge in [0.25, 0.3) is 5.91 Å². The summed E-state index contributed by atoms with van der Waals surface area (Å²) in [6.45, 7) is 0.572. The molecule has 0 spiro atoms. The van der Waals surface area contributed by atoms with E-state index in [9.17, 15) is 15.0 Å². The number of methoxy groups -OCH3 is 1. The Kier molecular flexibility index (Phi) is 4.84. The predicted molar refractivity (Wildman–Crippen MR) is 75.0 cm³/mol. The molecule has 1 saturated carbocycles. The number of hydrogen-bond donors (Lipinski definition) is 3. The topological polar surface area (TPSA) is 78.8 Å². The maximum Gasteiger partial charge on any atom is 0.255 e. The van der Waals surface area contributed by atoms with Gasteiger partial charge in [-0.3, -0.25) is 4.79 Å². The maximum absolute atomic E-state index is 12.1. The Bertz CT molecular complexity index is 467. The summed E-state index contributed by atoms with van der Waals surface area (Å²) >= 11 is 0. The van der Waals surface area contributed by atoms with Gasteiger partial charge in [-0.1, -0.05) is 6.07 Å². The molecule has 5 heteroatoms. The van der Waals surface area contributed by atoms with Crippen LogP contribution in [0.25, 0.3) is 0 Å². The zero-order valence-electron chi connectivity index (χ0n) is 11.6. The summed E-state index contributed by atoms with van der Waals surface area (Å²) in [5.74, 6) is 0.257. The van der Waals surface area contributed by atoms with Crippen molar-refractivity contribution in [2.45, 2.75) is 31.8 Å². The standard InChI is InChI=1S/C15H21NO4/c1-20-13-4-2-3-12(14(13)18)15(19)16-9-10-5-7-11(17)8-6-10/h2-4,10-11,17-18H,5-9H2,1H3,(H,16,19). The number of aliphatic hydroxyl groups is 1. The van der Waals surface area contributed by atoms with Crippen molar-refractivity contribution >= 4 is 5.91 Å². The molecule has 1 amide bonds. The number of carbonyl (C=O) groups is 1. The molecule has 0 bridgehead atoms. The molecule has 5 nitrogen and oxygen atoms in total. The van der Waals surface area contributed by atoms with Gasteiger partial charge in [-0.25, -0.2) is 0 Å². The minimum Gasteiger partial charge on any atom is -0.504 e. The van der Waals surface area contributed by atoms with Crippen molar-refractivity contribution in [1.82, 2.24) is 5.32 Å². The van der Waals surface area contributed by atoms with Gasteiger partial charge < -0.3 is 20.3 Å². The first-order valence-corrected chi connectivity index (χ1v) is 6.94. The summed E-state index contributed by atoms with van der Waals surface area (Å²) in [5, 5.41) is 22.2. The SMILES string of the molecule is COc1cccc(C(=O)NCC2CCC(O)CC2)c1O. The molecule has 1 aliphatic rings. The Labute approximate surface area is 118 Å². The van der Waals surface area contributed by atoms with Crippen LogP contribution in [0.15, 0.2) is 18.2 Å². The number of benzene rings is 1. The van der Waals surface area contributed by atoms with Gasteiger partial charge in [-0.2, -0.15) is 0 Å². The molecule has 0 saturated heterocycles. The molecule has 0 radical (unpaired) electrons. The number of aliphatic hydroxyl groups excluding tert-OH is 1. The Morgan fingerprint density at radius 3 is 2.70 bits per heavy atom. The summed E-state index contributed by atoms with van der Waals surface area (Å²) in [4.78, 5) is 12.1. The van der Waals surface area contributed by atoms with E-state index >= 15 is 0 Å². The fourth-order valence-electron chi connectivity index (χ4n) is 2.55. The average molecular weight is 279 g/mol. The fraction of sp³-hybridized carbons (Fsp3) is 0.533. The van der Waals surface area contributed by atoms with E-state index in [1.54, 1.807) is 18.2 Å². The molecule has 0 unspecified atom stereocenters. The highest BCUT2D eigenvalue weighted by Gasteiger charge is 2.21. The van der Waals surface area contributed by atoms with Crippen LogP contribution in [0.4, 0.5) is 0 Å². The molecular formula is C15H21NO4. The number of aromatic hydroxyl groups is 1. The lowest BCUT2D eigenvalue weighted by atomic mass is 9.87. The third-order valence-corrected chi connectivity index (χ3v) is 3.83. The first-order valence-electron chi connectivity index (χ1n) is 6.94. The number of ether oxygens (including phenoxy) is 1. The van der Waals surface area contributed by atoms with Gasteiger partial charge in [0.15, 0.2) is 11.5 Å². The highest BCUT2D eigenvalue weighted by molar-refractivity contribution is 5.97. The largest absolute Gasteiger partial charge is 0.504 e. The Morgan fingerprint density at radius 2 is 2.05 bits per heavy atom. The van der Waals surface area contributed by atoms with Gasteiger partial charge >= 0.3 is 0 Å². The smallest absolute Gasteiger partial charge is 0.255 e. The minimum absolute atomic E-state index is 0.133. The van der Waals surface area contributed by atoms with Crippen LogP contribution in [-0.2, 0) is 0 Å². The average Bonchev–Trinajstić information content (AvgIpc) is 2.46. The molecule has 0 aromatic heterocycles. The van der Waals surface area contributed by atoms with Gasteiger partial charge in [0.05, 0.1) is 18.8 Å². The summed E-state index contributed by atoms with van der Waals surface area (Å²) in [5.41, 5.74) is 0.222. The Balaban J connectivity index is 1.92. The van der Waals surface area contributed by atoms with Crippen LogP contribution in [-0.4, -0.2) is 35.9 Å². The second-order valence-corrected chi connectivity index (χ2v) is 5.24. The van der Waals surface area contributed by atoms with E-state index in [0.29, 0.717) is 18.2 Å². The lowest BCUT2D eigenvalue weighted by Crippen LogP contribution is -2.32. The van der Waals surface area contributed by atoms with E-state index in [2.05, 4.69) is 5.32 Å². The lowest BCUT2D eigenvalue weighted by Gasteiger charge is -2.25. The monoisotopic (exact) mass is 279 g/mol. The van der Waals surface area contributed by atoms with Gasteiger partial charge in [0.1, 0.15) is 0 Å². The van der Waals surface area contributed by atoms with Gasteiger partial charge in [0, 0.05) is 6.54 Å². The highest BCUT2D eigenvalue weighted by atomic mass is 16.5. The quantitative estimate of drug-likeness (QED) is 0.783. The zero-order valence-corrected chi connectivity index (χ0v) is 11.6. The molecule has 2 rings (SSSR count). The summed E-state index contributed by atoms with van der Waals surface area (Å²) in [6, 6.07) is 4.84. The van der Waals surface area contributed by atoms with Crippen molar-refractivity contribution in [2.24, 2.45) is 5.92 Å². The molecule has 1 aromatic carbocycles. The van der Waals surface area contributed by atoms with Crippen molar-refractivity contribution < 1.29 is 19.7 Å². The van der Waals surface area contributed by atoms with E-state index in [0.717, 1.165) is 25.7 Å². The highest BCUT2D eigenvalue weighted by Crippen LogP contribution is 2.29. The number of para-hydroxylation sites is 1. The second-order valence-electron chi connectivity index (χ2n) is 5.24. The number of amides is 1.